The summed E-state index contributed by atoms with van der Waals surface area (Å²) in [7, 11) is 0. The van der Waals surface area contributed by atoms with Gasteiger partial charge in [-0.15, -0.1) is 0 Å². The second-order valence-electron chi connectivity index (χ2n) is 7.95. The van der Waals surface area contributed by atoms with Gasteiger partial charge in [-0.1, -0.05) is 60.2 Å². The van der Waals surface area contributed by atoms with Crippen molar-refractivity contribution in [3.8, 4) is 33.8 Å². The van der Waals surface area contributed by atoms with Crippen molar-refractivity contribution >= 4 is 0 Å². The maximum atomic E-state index is 13.3. The summed E-state index contributed by atoms with van der Waals surface area (Å²) in [6.07, 6.45) is 0. The molecule has 0 unspecified atom stereocenters. The summed E-state index contributed by atoms with van der Waals surface area (Å²) in [6.45, 7) is 6.53. The highest BCUT2D eigenvalue weighted by molar-refractivity contribution is 5.77. The minimum absolute atomic E-state index is 0.115. The van der Waals surface area contributed by atoms with Crippen LogP contribution in [0.2, 0.25) is 0 Å². The van der Waals surface area contributed by atoms with Gasteiger partial charge in [0.05, 0.1) is 0 Å². The Bertz CT molecular complexity index is 1210. The minimum atomic E-state index is -0.241. The van der Waals surface area contributed by atoms with Gasteiger partial charge in [-0.2, -0.15) is 0 Å². The molecular weight excluding hydrogens is 387 g/mol. The van der Waals surface area contributed by atoms with Crippen LogP contribution in [0.1, 0.15) is 22.3 Å². The molecule has 0 saturated carbocycles. The Morgan fingerprint density at radius 1 is 0.710 bits per heavy atom. The van der Waals surface area contributed by atoms with Gasteiger partial charge in [0, 0.05) is 0 Å². The molecular formula is C28H25FO2. The highest BCUT2D eigenvalue weighted by atomic mass is 19.1. The molecule has 0 atom stereocenters. The summed E-state index contributed by atoms with van der Waals surface area (Å²) in [5.41, 5.74) is 8.45. The lowest BCUT2D eigenvalue weighted by atomic mass is 9.92. The van der Waals surface area contributed by atoms with Crippen LogP contribution >= 0.6 is 0 Å². The zero-order valence-corrected chi connectivity index (χ0v) is 17.9. The first-order valence-corrected chi connectivity index (χ1v) is 10.3. The standard InChI is InChI=1S/C28H25FO2/c1-18-4-6-21(7-5-18)17-31-28-13-10-23(16-27(28)30)26-15-19(2)25(14-20(26)3)22-8-11-24(29)12-9-22/h4-16,30H,17H2,1-3H3. The van der Waals surface area contributed by atoms with E-state index in [9.17, 15) is 9.50 Å². The van der Waals surface area contributed by atoms with E-state index in [2.05, 4.69) is 12.1 Å². The van der Waals surface area contributed by atoms with Gasteiger partial charge in [0.25, 0.3) is 0 Å². The van der Waals surface area contributed by atoms with Crippen molar-refractivity contribution in [3.05, 3.63) is 107 Å². The fourth-order valence-electron chi connectivity index (χ4n) is 3.72. The Kier molecular flexibility index (Phi) is 5.77. The maximum absolute atomic E-state index is 13.3. The minimum Gasteiger partial charge on any atom is -0.504 e. The van der Waals surface area contributed by atoms with E-state index in [-0.39, 0.29) is 11.6 Å². The molecule has 0 amide bonds. The average Bonchev–Trinajstić information content (AvgIpc) is 2.76. The Morgan fingerprint density at radius 2 is 1.29 bits per heavy atom. The largest absolute Gasteiger partial charge is 0.504 e. The van der Waals surface area contributed by atoms with Gasteiger partial charge in [-0.05, 0) is 84.0 Å². The Balaban J connectivity index is 1.58. The topological polar surface area (TPSA) is 29.5 Å². The van der Waals surface area contributed by atoms with Gasteiger partial charge >= 0.3 is 0 Å². The number of phenolic OH excluding ortho intramolecular Hbond substituents is 1. The quantitative estimate of drug-likeness (QED) is 0.371. The van der Waals surface area contributed by atoms with Crippen molar-refractivity contribution in [2.24, 2.45) is 0 Å². The van der Waals surface area contributed by atoms with Crippen LogP contribution in [0.25, 0.3) is 22.3 Å². The van der Waals surface area contributed by atoms with Crippen molar-refractivity contribution in [2.75, 3.05) is 0 Å². The van der Waals surface area contributed by atoms with Crippen LogP contribution in [-0.4, -0.2) is 5.11 Å². The van der Waals surface area contributed by atoms with Crippen molar-refractivity contribution < 1.29 is 14.2 Å². The first kappa shape index (κ1) is 20.7. The summed E-state index contributed by atoms with van der Waals surface area (Å²) in [4.78, 5) is 0. The van der Waals surface area contributed by atoms with Crippen LogP contribution in [0.15, 0.2) is 78.9 Å². The predicted molar refractivity (Wildman–Crippen MR) is 124 cm³/mol. The highest BCUT2D eigenvalue weighted by Gasteiger charge is 2.11. The molecule has 2 nitrogen and oxygen atoms in total. The zero-order valence-electron chi connectivity index (χ0n) is 17.9. The molecule has 0 aromatic heterocycles. The number of benzene rings is 4. The lowest BCUT2D eigenvalue weighted by molar-refractivity contribution is 0.289. The first-order valence-electron chi connectivity index (χ1n) is 10.3. The van der Waals surface area contributed by atoms with E-state index < -0.39 is 0 Å². The second kappa shape index (κ2) is 8.65. The van der Waals surface area contributed by atoms with Crippen LogP contribution in [0.3, 0.4) is 0 Å². The SMILES string of the molecule is Cc1ccc(COc2ccc(-c3cc(C)c(-c4ccc(F)cc4)cc3C)cc2O)cc1. The Labute approximate surface area is 182 Å². The highest BCUT2D eigenvalue weighted by Crippen LogP contribution is 2.36. The normalized spacial score (nSPS) is 10.8. The van der Waals surface area contributed by atoms with Gasteiger partial charge in [0.2, 0.25) is 0 Å². The van der Waals surface area contributed by atoms with Gasteiger partial charge in [-0.25, -0.2) is 4.39 Å². The third-order valence-electron chi connectivity index (χ3n) is 5.51. The van der Waals surface area contributed by atoms with Crippen LogP contribution in [0, 0.1) is 26.6 Å². The molecule has 0 spiro atoms. The molecule has 31 heavy (non-hydrogen) atoms. The summed E-state index contributed by atoms with van der Waals surface area (Å²) in [6, 6.07) is 24.4. The third-order valence-corrected chi connectivity index (χ3v) is 5.51. The van der Waals surface area contributed by atoms with E-state index in [1.54, 1.807) is 18.2 Å². The number of hydrogen-bond acceptors (Lipinski definition) is 2. The molecule has 3 heteroatoms. The molecule has 156 valence electrons. The lowest BCUT2D eigenvalue weighted by Gasteiger charge is -2.14. The molecule has 0 saturated heterocycles. The first-order chi connectivity index (χ1) is 14.9. The van der Waals surface area contributed by atoms with E-state index in [4.69, 9.17) is 4.74 Å². The van der Waals surface area contributed by atoms with Crippen molar-refractivity contribution in [3.63, 3.8) is 0 Å². The average molecular weight is 413 g/mol. The molecule has 4 rings (SSSR count). The molecule has 0 aliphatic rings. The van der Waals surface area contributed by atoms with E-state index in [1.807, 2.05) is 57.2 Å². The van der Waals surface area contributed by atoms with Gasteiger partial charge in [0.1, 0.15) is 12.4 Å². The Morgan fingerprint density at radius 3 is 1.90 bits per heavy atom. The molecule has 0 fully saturated rings. The molecule has 0 heterocycles. The van der Waals surface area contributed by atoms with Gasteiger partial charge in [0.15, 0.2) is 11.5 Å². The van der Waals surface area contributed by atoms with Gasteiger partial charge < -0.3 is 9.84 Å². The summed E-state index contributed by atoms with van der Waals surface area (Å²) < 4.78 is 19.1. The molecule has 0 aliphatic heterocycles. The van der Waals surface area contributed by atoms with E-state index in [1.165, 1.54) is 17.7 Å². The fourth-order valence-corrected chi connectivity index (χ4v) is 3.72. The molecule has 1 N–H and O–H groups in total. The van der Waals surface area contributed by atoms with E-state index in [0.29, 0.717) is 12.4 Å². The third kappa shape index (κ3) is 4.61. The van der Waals surface area contributed by atoms with E-state index >= 15 is 0 Å². The number of aryl methyl sites for hydroxylation is 3. The molecule has 0 aliphatic carbocycles. The smallest absolute Gasteiger partial charge is 0.161 e. The molecule has 0 bridgehead atoms. The number of rotatable bonds is 5. The number of aromatic hydroxyl groups is 1. The van der Waals surface area contributed by atoms with Crippen molar-refractivity contribution in [1.29, 1.82) is 0 Å². The monoisotopic (exact) mass is 412 g/mol. The lowest BCUT2D eigenvalue weighted by Crippen LogP contribution is -1.96. The van der Waals surface area contributed by atoms with Crippen LogP contribution in [0.5, 0.6) is 11.5 Å². The number of ether oxygens (including phenoxy) is 1. The summed E-state index contributed by atoms with van der Waals surface area (Å²) >= 11 is 0. The van der Waals surface area contributed by atoms with E-state index in [0.717, 1.165) is 38.9 Å². The second-order valence-corrected chi connectivity index (χ2v) is 7.95. The fraction of sp³-hybridized carbons (Fsp3) is 0.143. The number of hydrogen-bond donors (Lipinski definition) is 1. The summed E-state index contributed by atoms with van der Waals surface area (Å²) in [5, 5.41) is 10.5. The van der Waals surface area contributed by atoms with Crippen LogP contribution < -0.4 is 4.74 Å². The van der Waals surface area contributed by atoms with Crippen molar-refractivity contribution in [2.45, 2.75) is 27.4 Å². The number of phenols is 1. The molecule has 4 aromatic carbocycles. The van der Waals surface area contributed by atoms with Crippen LogP contribution in [0.4, 0.5) is 4.39 Å². The molecule has 4 aromatic rings. The maximum Gasteiger partial charge on any atom is 0.161 e. The van der Waals surface area contributed by atoms with Gasteiger partial charge in [-0.3, -0.25) is 0 Å². The predicted octanol–water partition coefficient (Wildman–Crippen LogP) is 7.37. The zero-order chi connectivity index (χ0) is 22.0. The van der Waals surface area contributed by atoms with Crippen LogP contribution in [-0.2, 0) is 6.61 Å². The van der Waals surface area contributed by atoms with Crippen molar-refractivity contribution in [1.82, 2.24) is 0 Å². The molecule has 0 radical (unpaired) electrons. The Hall–Kier alpha value is -3.59. The summed E-state index contributed by atoms with van der Waals surface area (Å²) in [5.74, 6) is 0.334. The number of halogens is 1.